The van der Waals surface area contributed by atoms with Gasteiger partial charge in [0.15, 0.2) is 0 Å². The van der Waals surface area contributed by atoms with Crippen molar-refractivity contribution in [2.24, 2.45) is 0 Å². The summed E-state index contributed by atoms with van der Waals surface area (Å²) in [5, 5.41) is 3.17. The summed E-state index contributed by atoms with van der Waals surface area (Å²) in [5.41, 5.74) is -1.80. The molecule has 36 heavy (non-hydrogen) atoms. The molecule has 2 aromatic rings. The molecule has 1 aliphatic heterocycles. The van der Waals surface area contributed by atoms with Crippen LogP contribution in [0, 0.1) is 12.7 Å². The number of halogens is 8. The van der Waals surface area contributed by atoms with Gasteiger partial charge in [-0.1, -0.05) is 6.07 Å². The normalized spacial score (nSPS) is 17.7. The Bertz CT molecular complexity index is 1040. The van der Waals surface area contributed by atoms with Crippen LogP contribution in [0.15, 0.2) is 36.4 Å². The fraction of sp³-hybridized carbons (Fsp3) is 0.458. The molecule has 1 N–H and O–H groups in total. The fourth-order valence-corrected chi connectivity index (χ4v) is 4.25. The molecule has 2 atom stereocenters. The Morgan fingerprint density at radius 1 is 1.03 bits per heavy atom. The third-order valence-corrected chi connectivity index (χ3v) is 6.31. The first-order valence-corrected chi connectivity index (χ1v) is 11.0. The minimum absolute atomic E-state index is 0. The lowest BCUT2D eigenvalue weighted by Crippen LogP contribution is -2.45. The van der Waals surface area contributed by atoms with Gasteiger partial charge < -0.3 is 15.1 Å². The van der Waals surface area contributed by atoms with Gasteiger partial charge in [0, 0.05) is 20.1 Å². The summed E-state index contributed by atoms with van der Waals surface area (Å²) in [6.07, 6.45) is -9.47. The van der Waals surface area contributed by atoms with Crippen LogP contribution in [0.25, 0.3) is 0 Å². The molecule has 0 bridgehead atoms. The summed E-state index contributed by atoms with van der Waals surface area (Å²) in [6, 6.07) is 3.47. The van der Waals surface area contributed by atoms with Gasteiger partial charge in [-0.3, -0.25) is 0 Å². The number of carbonyl (C=O) groups is 1. The minimum Gasteiger partial charge on any atom is -0.321 e. The number of carbonyl (C=O) groups excluding carboxylic acids is 1. The number of nitrogens with one attached hydrogen (secondary N) is 1. The van der Waals surface area contributed by atoms with E-state index < -0.39 is 47.4 Å². The molecular formula is C24H27ClF7N3O. The number of urea groups is 1. The maximum absolute atomic E-state index is 13.6. The van der Waals surface area contributed by atoms with Crippen molar-refractivity contribution in [1.29, 1.82) is 0 Å². The maximum atomic E-state index is 13.6. The molecular weight excluding hydrogens is 515 g/mol. The van der Waals surface area contributed by atoms with Crippen molar-refractivity contribution in [1.82, 2.24) is 15.1 Å². The number of amides is 2. The van der Waals surface area contributed by atoms with Gasteiger partial charge in [0.05, 0.1) is 23.2 Å². The Balaban J connectivity index is 0.00000456. The van der Waals surface area contributed by atoms with Crippen molar-refractivity contribution in [3.8, 4) is 0 Å². The molecule has 0 unspecified atom stereocenters. The molecule has 1 saturated heterocycles. The molecule has 2 amide bonds. The van der Waals surface area contributed by atoms with E-state index in [-0.39, 0.29) is 30.6 Å². The molecule has 2 aromatic carbocycles. The van der Waals surface area contributed by atoms with Crippen LogP contribution in [0.4, 0.5) is 35.5 Å². The van der Waals surface area contributed by atoms with Crippen LogP contribution in [0.1, 0.15) is 53.2 Å². The largest absolute Gasteiger partial charge is 0.416 e. The first kappa shape index (κ1) is 29.7. The topological polar surface area (TPSA) is 35.6 Å². The Morgan fingerprint density at radius 2 is 1.61 bits per heavy atom. The highest BCUT2D eigenvalue weighted by atomic mass is 35.5. The second-order valence-electron chi connectivity index (χ2n) is 8.66. The smallest absolute Gasteiger partial charge is 0.321 e. The minimum atomic E-state index is -4.99. The van der Waals surface area contributed by atoms with E-state index in [1.165, 1.54) is 31.0 Å². The maximum Gasteiger partial charge on any atom is 0.416 e. The van der Waals surface area contributed by atoms with Gasteiger partial charge in [-0.25, -0.2) is 9.18 Å². The average molecular weight is 542 g/mol. The number of hydrogen-bond acceptors (Lipinski definition) is 2. The van der Waals surface area contributed by atoms with Gasteiger partial charge in [0.2, 0.25) is 0 Å². The van der Waals surface area contributed by atoms with Crippen LogP contribution >= 0.6 is 12.4 Å². The van der Waals surface area contributed by atoms with Crippen LogP contribution in [-0.2, 0) is 12.4 Å². The first-order chi connectivity index (χ1) is 16.2. The van der Waals surface area contributed by atoms with Gasteiger partial charge in [-0.15, -0.1) is 12.4 Å². The second kappa shape index (κ2) is 11.2. The molecule has 0 aliphatic carbocycles. The van der Waals surface area contributed by atoms with E-state index in [0.717, 1.165) is 10.5 Å². The number of hydrogen-bond donors (Lipinski definition) is 1. The molecule has 200 valence electrons. The number of rotatable bonds is 3. The Kier molecular flexibility index (Phi) is 9.28. The van der Waals surface area contributed by atoms with Gasteiger partial charge in [0.25, 0.3) is 0 Å². The molecule has 1 heterocycles. The lowest BCUT2D eigenvalue weighted by molar-refractivity contribution is -0.143. The van der Waals surface area contributed by atoms with Crippen LogP contribution < -0.4 is 5.32 Å². The summed E-state index contributed by atoms with van der Waals surface area (Å²) < 4.78 is 93.5. The average Bonchev–Trinajstić information content (AvgIpc) is 3.02. The zero-order chi connectivity index (χ0) is 26.1. The third-order valence-electron chi connectivity index (χ3n) is 6.31. The van der Waals surface area contributed by atoms with Crippen molar-refractivity contribution in [3.63, 3.8) is 0 Å². The quantitative estimate of drug-likeness (QED) is 0.437. The van der Waals surface area contributed by atoms with Crippen molar-refractivity contribution in [2.45, 2.75) is 44.7 Å². The van der Waals surface area contributed by atoms with E-state index in [1.807, 2.05) is 0 Å². The molecule has 0 radical (unpaired) electrons. The number of alkyl halides is 6. The Hall–Kier alpha value is -2.53. The highest BCUT2D eigenvalue weighted by molar-refractivity contribution is 5.85. The zero-order valence-corrected chi connectivity index (χ0v) is 20.6. The summed E-state index contributed by atoms with van der Waals surface area (Å²) in [5.74, 6) is -0.424. The lowest BCUT2D eigenvalue weighted by atomic mass is 9.97. The van der Waals surface area contributed by atoms with E-state index in [9.17, 15) is 35.5 Å². The van der Waals surface area contributed by atoms with Crippen LogP contribution in [-0.4, -0.2) is 42.5 Å². The predicted molar refractivity (Wildman–Crippen MR) is 123 cm³/mol. The van der Waals surface area contributed by atoms with Gasteiger partial charge >= 0.3 is 18.4 Å². The van der Waals surface area contributed by atoms with Crippen molar-refractivity contribution in [3.05, 3.63) is 70.0 Å². The summed E-state index contributed by atoms with van der Waals surface area (Å²) in [4.78, 5) is 16.2. The summed E-state index contributed by atoms with van der Waals surface area (Å²) in [6.45, 7) is 4.38. The highest BCUT2D eigenvalue weighted by Gasteiger charge is 2.38. The van der Waals surface area contributed by atoms with Crippen LogP contribution in [0.2, 0.25) is 0 Å². The van der Waals surface area contributed by atoms with Crippen molar-refractivity contribution in [2.75, 3.05) is 26.7 Å². The van der Waals surface area contributed by atoms with E-state index in [4.69, 9.17) is 0 Å². The second-order valence-corrected chi connectivity index (χ2v) is 8.66. The van der Waals surface area contributed by atoms with E-state index in [2.05, 4.69) is 5.32 Å². The van der Waals surface area contributed by atoms with Crippen LogP contribution in [0.5, 0.6) is 0 Å². The van der Waals surface area contributed by atoms with Gasteiger partial charge in [0.1, 0.15) is 5.82 Å². The van der Waals surface area contributed by atoms with Gasteiger partial charge in [-0.2, -0.15) is 26.3 Å². The molecule has 3 rings (SSSR count). The lowest BCUT2D eigenvalue weighted by Gasteiger charge is -2.37. The Labute approximate surface area is 210 Å². The van der Waals surface area contributed by atoms with Crippen molar-refractivity contribution >= 4 is 18.4 Å². The third kappa shape index (κ3) is 6.61. The number of aryl methyl sites for hydroxylation is 1. The summed E-state index contributed by atoms with van der Waals surface area (Å²) in [7, 11) is 1.34. The molecule has 12 heteroatoms. The molecule has 4 nitrogen and oxygen atoms in total. The monoisotopic (exact) mass is 541 g/mol. The predicted octanol–water partition coefficient (Wildman–Crippen LogP) is 6.74. The first-order valence-electron chi connectivity index (χ1n) is 11.0. The molecule has 1 aliphatic rings. The summed E-state index contributed by atoms with van der Waals surface area (Å²) >= 11 is 0. The Morgan fingerprint density at radius 3 is 2.14 bits per heavy atom. The standard InChI is InChI=1S/C24H26F7N3O.ClH/c1-14-10-19(25)4-5-20(14)21-6-7-32-8-9-34(21)22(35)33(3)15(2)16-11-17(23(26,27)28)13-18(12-16)24(29,30)31;/h4-5,10-13,15,21,32H,6-9H2,1-3H3;1H/t15-,21-;/m1./s1. The fourth-order valence-electron chi connectivity index (χ4n) is 4.25. The van der Waals surface area contributed by atoms with E-state index >= 15 is 0 Å². The van der Waals surface area contributed by atoms with E-state index in [0.29, 0.717) is 37.2 Å². The zero-order valence-electron chi connectivity index (χ0n) is 19.8. The highest BCUT2D eigenvalue weighted by Crippen LogP contribution is 2.38. The van der Waals surface area contributed by atoms with Crippen molar-refractivity contribution < 1.29 is 35.5 Å². The van der Waals surface area contributed by atoms with Crippen LogP contribution in [0.3, 0.4) is 0 Å². The number of nitrogens with zero attached hydrogens (tertiary/aromatic N) is 2. The molecule has 0 spiro atoms. The molecule has 0 saturated carbocycles. The molecule has 1 fully saturated rings. The van der Waals surface area contributed by atoms with E-state index in [1.54, 1.807) is 13.0 Å². The van der Waals surface area contributed by atoms with Gasteiger partial charge in [-0.05, 0) is 73.8 Å². The number of benzene rings is 2. The SMILES string of the molecule is Cc1cc(F)ccc1[C@H]1CCNCCN1C(=O)N(C)[C@H](C)c1cc(C(F)(F)F)cc(C(F)(F)F)c1.Cl. The molecule has 0 aromatic heterocycles.